The highest BCUT2D eigenvalue weighted by atomic mass is 32.2. The Kier molecular flexibility index (Phi) is 4.19. The second-order valence-electron chi connectivity index (χ2n) is 3.07. The van der Waals surface area contributed by atoms with Crippen LogP contribution in [0.2, 0.25) is 0 Å². The average Bonchev–Trinajstić information content (AvgIpc) is 2.05. The molecule has 1 nitrogen and oxygen atoms in total. The summed E-state index contributed by atoms with van der Waals surface area (Å²) < 4.78 is 5.40. The van der Waals surface area contributed by atoms with Crippen molar-refractivity contribution in [3.05, 3.63) is 30.3 Å². The molecule has 66 valence electrons. The molecule has 0 aliphatic rings. The van der Waals surface area contributed by atoms with E-state index in [0.717, 1.165) is 11.5 Å². The molecule has 0 N–H and O–H groups in total. The molecule has 0 bridgehead atoms. The molecule has 0 radical (unpaired) electrons. The molecular weight excluding hydrogens is 168 g/mol. The highest BCUT2D eigenvalue weighted by molar-refractivity contribution is 7.94. The summed E-state index contributed by atoms with van der Waals surface area (Å²) in [7, 11) is 0. The van der Waals surface area contributed by atoms with Gasteiger partial charge in [0.25, 0.3) is 0 Å². The average molecular weight is 182 g/mol. The molecule has 0 heterocycles. The van der Waals surface area contributed by atoms with E-state index >= 15 is 0 Å². The van der Waals surface area contributed by atoms with Crippen LogP contribution in [0.5, 0.6) is 0 Å². The quantitative estimate of drug-likeness (QED) is 0.660. The molecule has 0 fully saturated rings. The van der Waals surface area contributed by atoms with Crippen LogP contribution < -0.4 is 0 Å². The van der Waals surface area contributed by atoms with Gasteiger partial charge in [-0.05, 0) is 18.1 Å². The molecule has 0 spiro atoms. The van der Waals surface area contributed by atoms with Gasteiger partial charge in [-0.15, -0.1) is 0 Å². The van der Waals surface area contributed by atoms with Crippen molar-refractivity contribution in [2.45, 2.75) is 18.7 Å². The van der Waals surface area contributed by atoms with Crippen molar-refractivity contribution in [1.29, 1.82) is 0 Å². The van der Waals surface area contributed by atoms with Gasteiger partial charge >= 0.3 is 0 Å². The van der Waals surface area contributed by atoms with E-state index < -0.39 is 0 Å². The lowest BCUT2D eigenvalue weighted by atomic mass is 10.2. The number of rotatable bonds is 4. The Morgan fingerprint density at radius 2 is 1.92 bits per heavy atom. The largest absolute Gasteiger partial charge is 0.310 e. The van der Waals surface area contributed by atoms with Gasteiger partial charge in [-0.1, -0.05) is 32.0 Å². The molecule has 12 heavy (non-hydrogen) atoms. The number of benzene rings is 1. The van der Waals surface area contributed by atoms with E-state index in [1.54, 1.807) is 0 Å². The Morgan fingerprint density at radius 3 is 2.50 bits per heavy atom. The van der Waals surface area contributed by atoms with Crippen LogP contribution in [0.3, 0.4) is 0 Å². The van der Waals surface area contributed by atoms with Crippen molar-refractivity contribution < 1.29 is 4.18 Å². The monoisotopic (exact) mass is 182 g/mol. The predicted octanol–water partition coefficient (Wildman–Crippen LogP) is 3.37. The molecule has 0 saturated carbocycles. The summed E-state index contributed by atoms with van der Waals surface area (Å²) in [4.78, 5) is 1.16. The zero-order valence-corrected chi connectivity index (χ0v) is 8.30. The smallest absolute Gasteiger partial charge is 0.0641 e. The van der Waals surface area contributed by atoms with Crippen LogP contribution >= 0.6 is 12.0 Å². The Morgan fingerprint density at radius 1 is 1.25 bits per heavy atom. The summed E-state index contributed by atoms with van der Waals surface area (Å²) in [6.45, 7) is 5.09. The Hall–Kier alpha value is -0.470. The first-order valence-corrected chi connectivity index (χ1v) is 4.87. The van der Waals surface area contributed by atoms with E-state index in [-0.39, 0.29) is 0 Å². The minimum atomic E-state index is 0.598. The normalized spacial score (nSPS) is 10.6. The molecule has 0 atom stereocenters. The standard InChI is InChI=1S/C10H14OS/c1-9(2)8-11-12-10-6-4-3-5-7-10/h3-7,9H,8H2,1-2H3. The molecule has 1 rings (SSSR count). The second-order valence-corrected chi connectivity index (χ2v) is 3.95. The van der Waals surface area contributed by atoms with Gasteiger partial charge in [0.1, 0.15) is 0 Å². The van der Waals surface area contributed by atoms with E-state index in [1.807, 2.05) is 30.3 Å². The van der Waals surface area contributed by atoms with Crippen LogP contribution in [0.15, 0.2) is 35.2 Å². The van der Waals surface area contributed by atoms with Crippen LogP contribution in [0.4, 0.5) is 0 Å². The highest BCUT2D eigenvalue weighted by Gasteiger charge is 1.95. The van der Waals surface area contributed by atoms with E-state index in [0.29, 0.717) is 5.92 Å². The fourth-order valence-electron chi connectivity index (χ4n) is 0.714. The van der Waals surface area contributed by atoms with Crippen molar-refractivity contribution in [3.8, 4) is 0 Å². The summed E-state index contributed by atoms with van der Waals surface area (Å²) >= 11 is 1.45. The van der Waals surface area contributed by atoms with Crippen molar-refractivity contribution in [1.82, 2.24) is 0 Å². The molecule has 2 heteroatoms. The van der Waals surface area contributed by atoms with Crippen molar-refractivity contribution in [2.24, 2.45) is 5.92 Å². The fourth-order valence-corrected chi connectivity index (χ4v) is 1.46. The maximum atomic E-state index is 5.40. The van der Waals surface area contributed by atoms with Gasteiger partial charge in [-0.2, -0.15) is 0 Å². The van der Waals surface area contributed by atoms with Gasteiger partial charge in [0.05, 0.1) is 6.61 Å². The third-order valence-corrected chi connectivity index (χ3v) is 2.02. The number of hydrogen-bond donors (Lipinski definition) is 0. The Balaban J connectivity index is 2.25. The zero-order valence-electron chi connectivity index (χ0n) is 7.49. The highest BCUT2D eigenvalue weighted by Crippen LogP contribution is 2.18. The first-order chi connectivity index (χ1) is 5.79. The minimum Gasteiger partial charge on any atom is -0.310 e. The van der Waals surface area contributed by atoms with Gasteiger partial charge < -0.3 is 4.18 Å². The van der Waals surface area contributed by atoms with Crippen molar-refractivity contribution in [3.63, 3.8) is 0 Å². The molecule has 1 aromatic rings. The van der Waals surface area contributed by atoms with Crippen LogP contribution in [0, 0.1) is 5.92 Å². The second kappa shape index (κ2) is 5.22. The van der Waals surface area contributed by atoms with Crippen molar-refractivity contribution in [2.75, 3.05) is 6.61 Å². The first-order valence-electron chi connectivity index (χ1n) is 4.13. The topological polar surface area (TPSA) is 9.23 Å². The maximum Gasteiger partial charge on any atom is 0.0641 e. The summed E-state index contributed by atoms with van der Waals surface area (Å²) in [5.41, 5.74) is 0. The molecule has 0 saturated heterocycles. The summed E-state index contributed by atoms with van der Waals surface area (Å²) in [5.74, 6) is 0.598. The first kappa shape index (κ1) is 9.62. The summed E-state index contributed by atoms with van der Waals surface area (Å²) in [6.07, 6.45) is 0. The van der Waals surface area contributed by atoms with Gasteiger partial charge in [0, 0.05) is 16.9 Å². The predicted molar refractivity (Wildman–Crippen MR) is 53.1 cm³/mol. The molecule has 1 aromatic carbocycles. The molecule has 0 aliphatic heterocycles. The molecule has 0 unspecified atom stereocenters. The van der Waals surface area contributed by atoms with Crippen molar-refractivity contribution >= 4 is 12.0 Å². The lowest BCUT2D eigenvalue weighted by molar-refractivity contribution is 0.315. The van der Waals surface area contributed by atoms with Crippen LogP contribution in [0.25, 0.3) is 0 Å². The van der Waals surface area contributed by atoms with Gasteiger partial charge in [0.2, 0.25) is 0 Å². The minimum absolute atomic E-state index is 0.598. The van der Waals surface area contributed by atoms with E-state index in [4.69, 9.17) is 4.18 Å². The Labute approximate surface area is 78.3 Å². The third-order valence-electron chi connectivity index (χ3n) is 1.30. The molecule has 0 aromatic heterocycles. The van der Waals surface area contributed by atoms with Crippen LogP contribution in [-0.4, -0.2) is 6.61 Å². The number of hydrogen-bond acceptors (Lipinski definition) is 2. The fraction of sp³-hybridized carbons (Fsp3) is 0.400. The molecule has 0 amide bonds. The van der Waals surface area contributed by atoms with E-state index in [9.17, 15) is 0 Å². The van der Waals surface area contributed by atoms with Gasteiger partial charge in [0.15, 0.2) is 0 Å². The van der Waals surface area contributed by atoms with E-state index in [1.165, 1.54) is 12.0 Å². The molecule has 0 aliphatic carbocycles. The van der Waals surface area contributed by atoms with Gasteiger partial charge in [-0.25, -0.2) is 0 Å². The van der Waals surface area contributed by atoms with Gasteiger partial charge in [-0.3, -0.25) is 0 Å². The lowest BCUT2D eigenvalue weighted by Crippen LogP contribution is -1.95. The maximum absolute atomic E-state index is 5.40. The van der Waals surface area contributed by atoms with Crippen LogP contribution in [0.1, 0.15) is 13.8 Å². The summed E-state index contributed by atoms with van der Waals surface area (Å²) in [6, 6.07) is 10.1. The lowest BCUT2D eigenvalue weighted by Gasteiger charge is -2.04. The SMILES string of the molecule is CC(C)COSc1ccccc1. The zero-order chi connectivity index (χ0) is 8.81. The Bertz CT molecular complexity index is 208. The molecular formula is C10H14OS. The van der Waals surface area contributed by atoms with E-state index in [2.05, 4.69) is 13.8 Å². The van der Waals surface area contributed by atoms with Crippen LogP contribution in [-0.2, 0) is 4.18 Å². The third kappa shape index (κ3) is 3.79. The summed E-state index contributed by atoms with van der Waals surface area (Å²) in [5, 5.41) is 0.